The molecule has 0 aliphatic heterocycles. The van der Waals surface area contributed by atoms with Crippen LogP contribution in [0.1, 0.15) is 219 Å². The van der Waals surface area contributed by atoms with Crippen LogP contribution >= 0.6 is 0 Å². The number of quaternary nitrogens is 1. The largest absolute Gasteiger partial charge is 0.477 e. The van der Waals surface area contributed by atoms with Crippen LogP contribution in [0.3, 0.4) is 0 Å². The van der Waals surface area contributed by atoms with Crippen molar-refractivity contribution in [2.45, 2.75) is 232 Å². The average Bonchev–Trinajstić information content (AvgIpc) is 3.19. The Morgan fingerprint density at radius 3 is 1.41 bits per heavy atom. The van der Waals surface area contributed by atoms with Gasteiger partial charge < -0.3 is 28.5 Å². The van der Waals surface area contributed by atoms with Gasteiger partial charge in [0.1, 0.15) is 13.2 Å². The fourth-order valence-corrected chi connectivity index (χ4v) is 6.87. The molecule has 9 heteroatoms. The third-order valence-corrected chi connectivity index (χ3v) is 10.7. The number of allylic oxidation sites excluding steroid dienone is 4. The predicted molar refractivity (Wildman–Crippen MR) is 244 cm³/mol. The molecule has 0 aliphatic carbocycles. The first-order valence-electron chi connectivity index (χ1n) is 24.5. The standard InChI is InChI=1S/C50H93NO8/c1-6-8-10-12-14-16-18-20-21-22-23-24-25-26-27-29-30-32-34-36-38-40-47(52)57-44-46(45-58-50(49(54)55)56-43-42-51(3,4)5)59-48(53)41-39-37-35-33-31-28-19-17-15-13-11-9-7-2/h11,13,17,19,46,50H,6-10,12,14-16,18,20-45H2,1-5H3/p+1/b13-11-,19-17-. The molecule has 2 atom stereocenters. The number of ether oxygens (including phenoxy) is 4. The monoisotopic (exact) mass is 837 g/mol. The van der Waals surface area contributed by atoms with Crippen molar-refractivity contribution >= 4 is 17.9 Å². The third-order valence-electron chi connectivity index (χ3n) is 10.7. The number of carboxylic acid groups (broad SMARTS) is 1. The van der Waals surface area contributed by atoms with Gasteiger partial charge in [-0.2, -0.15) is 0 Å². The Morgan fingerprint density at radius 2 is 0.949 bits per heavy atom. The van der Waals surface area contributed by atoms with Gasteiger partial charge in [-0.25, -0.2) is 4.79 Å². The van der Waals surface area contributed by atoms with Gasteiger partial charge >= 0.3 is 17.9 Å². The minimum atomic E-state index is -1.51. The van der Waals surface area contributed by atoms with E-state index in [9.17, 15) is 19.5 Å². The Bertz CT molecular complexity index is 1020. The molecule has 2 unspecified atom stereocenters. The Kier molecular flexibility index (Phi) is 40.9. The molecule has 346 valence electrons. The number of nitrogens with zero attached hydrogens (tertiary/aromatic N) is 1. The van der Waals surface area contributed by atoms with Gasteiger partial charge in [0, 0.05) is 12.8 Å². The lowest BCUT2D eigenvalue weighted by atomic mass is 10.0. The normalized spacial score (nSPS) is 13.0. The van der Waals surface area contributed by atoms with E-state index in [1.807, 2.05) is 21.1 Å². The Hall–Kier alpha value is -2.23. The van der Waals surface area contributed by atoms with Crippen molar-refractivity contribution in [3.05, 3.63) is 24.3 Å². The van der Waals surface area contributed by atoms with E-state index < -0.39 is 24.3 Å². The van der Waals surface area contributed by atoms with E-state index in [0.717, 1.165) is 64.2 Å². The van der Waals surface area contributed by atoms with Crippen LogP contribution in [-0.2, 0) is 33.3 Å². The lowest BCUT2D eigenvalue weighted by molar-refractivity contribution is -0.870. The lowest BCUT2D eigenvalue weighted by Crippen LogP contribution is -2.40. The van der Waals surface area contributed by atoms with Crippen molar-refractivity contribution in [3.63, 3.8) is 0 Å². The molecule has 0 aliphatic rings. The minimum Gasteiger partial charge on any atom is -0.477 e. The number of unbranched alkanes of at least 4 members (excludes halogenated alkanes) is 26. The summed E-state index contributed by atoms with van der Waals surface area (Å²) in [6.45, 7) is 4.81. The van der Waals surface area contributed by atoms with E-state index >= 15 is 0 Å². The zero-order valence-corrected chi connectivity index (χ0v) is 39.2. The summed E-state index contributed by atoms with van der Waals surface area (Å²) in [5.41, 5.74) is 0. The molecule has 59 heavy (non-hydrogen) atoms. The van der Waals surface area contributed by atoms with Crippen molar-refractivity contribution in [3.8, 4) is 0 Å². The Labute approximate surface area is 363 Å². The number of carbonyl (C=O) groups excluding carboxylic acids is 2. The van der Waals surface area contributed by atoms with Crippen molar-refractivity contribution in [2.24, 2.45) is 0 Å². The average molecular weight is 837 g/mol. The highest BCUT2D eigenvalue weighted by atomic mass is 16.7. The van der Waals surface area contributed by atoms with Gasteiger partial charge in [0.25, 0.3) is 6.29 Å². The van der Waals surface area contributed by atoms with Crippen molar-refractivity contribution in [1.29, 1.82) is 0 Å². The first-order valence-corrected chi connectivity index (χ1v) is 24.5. The Balaban J connectivity index is 4.29. The van der Waals surface area contributed by atoms with E-state index in [1.165, 1.54) is 122 Å². The Morgan fingerprint density at radius 1 is 0.508 bits per heavy atom. The highest BCUT2D eigenvalue weighted by molar-refractivity contribution is 5.71. The maximum absolute atomic E-state index is 12.8. The molecule has 0 spiro atoms. The van der Waals surface area contributed by atoms with Crippen LogP contribution in [0, 0.1) is 0 Å². The highest BCUT2D eigenvalue weighted by Crippen LogP contribution is 2.16. The quantitative estimate of drug-likeness (QED) is 0.0212. The summed E-state index contributed by atoms with van der Waals surface area (Å²) >= 11 is 0. The van der Waals surface area contributed by atoms with Gasteiger partial charge in [-0.3, -0.25) is 9.59 Å². The highest BCUT2D eigenvalue weighted by Gasteiger charge is 2.25. The second-order valence-electron chi connectivity index (χ2n) is 17.8. The van der Waals surface area contributed by atoms with Crippen LogP contribution < -0.4 is 0 Å². The zero-order valence-electron chi connectivity index (χ0n) is 39.2. The van der Waals surface area contributed by atoms with E-state index in [1.54, 1.807) is 0 Å². The maximum atomic E-state index is 12.8. The summed E-state index contributed by atoms with van der Waals surface area (Å²) in [5, 5.41) is 9.64. The van der Waals surface area contributed by atoms with Crippen molar-refractivity contribution < 1.29 is 42.9 Å². The molecule has 0 radical (unpaired) electrons. The van der Waals surface area contributed by atoms with Gasteiger partial charge in [0.2, 0.25) is 0 Å². The number of aliphatic carboxylic acids is 1. The molecular weight excluding hydrogens is 743 g/mol. The molecule has 0 saturated carbocycles. The molecule has 0 rings (SSSR count). The number of carboxylic acids is 1. The van der Waals surface area contributed by atoms with E-state index in [0.29, 0.717) is 23.9 Å². The molecule has 0 bridgehead atoms. The molecule has 1 N–H and O–H groups in total. The molecule has 0 aromatic carbocycles. The third kappa shape index (κ3) is 43.7. The fourth-order valence-electron chi connectivity index (χ4n) is 6.87. The van der Waals surface area contributed by atoms with E-state index in [4.69, 9.17) is 18.9 Å². The molecule has 9 nitrogen and oxygen atoms in total. The van der Waals surface area contributed by atoms with E-state index in [-0.39, 0.29) is 32.2 Å². The summed E-state index contributed by atoms with van der Waals surface area (Å²) in [6, 6.07) is 0. The number of hydrogen-bond acceptors (Lipinski definition) is 7. The molecular formula is C50H94NO8+. The summed E-state index contributed by atoms with van der Waals surface area (Å²) < 4.78 is 22.8. The molecule has 0 heterocycles. The van der Waals surface area contributed by atoms with Gasteiger partial charge in [0.05, 0.1) is 34.4 Å². The second kappa shape index (κ2) is 42.5. The van der Waals surface area contributed by atoms with Gasteiger partial charge in [-0.05, 0) is 38.5 Å². The number of hydrogen-bond donors (Lipinski definition) is 1. The molecule has 0 amide bonds. The SMILES string of the molecule is CCC/C=C\C/C=C\CCCCCCCC(=O)OC(COC(=O)CCCCCCCCCCCCCCCCCCCCCCC)COC(OCC[N+](C)(C)C)C(=O)O. The second-order valence-corrected chi connectivity index (χ2v) is 17.8. The van der Waals surface area contributed by atoms with Crippen LogP contribution in [0.15, 0.2) is 24.3 Å². The summed E-state index contributed by atoms with van der Waals surface area (Å²) in [4.78, 5) is 37.2. The van der Waals surface area contributed by atoms with Crippen LogP contribution in [-0.4, -0.2) is 87.4 Å². The molecule has 0 aromatic rings. The molecule has 0 saturated heterocycles. The number of likely N-dealkylation sites (N-methyl/N-ethyl adjacent to an activating group) is 1. The first kappa shape index (κ1) is 56.8. The predicted octanol–water partition coefficient (Wildman–Crippen LogP) is 13.2. The van der Waals surface area contributed by atoms with Crippen LogP contribution in [0.5, 0.6) is 0 Å². The topological polar surface area (TPSA) is 108 Å². The van der Waals surface area contributed by atoms with E-state index in [2.05, 4.69) is 38.2 Å². The molecule has 0 aromatic heterocycles. The van der Waals surface area contributed by atoms with Crippen LogP contribution in [0.2, 0.25) is 0 Å². The van der Waals surface area contributed by atoms with Crippen LogP contribution in [0.25, 0.3) is 0 Å². The molecule has 0 fully saturated rings. The smallest absolute Gasteiger partial charge is 0.361 e. The number of rotatable bonds is 45. The first-order chi connectivity index (χ1) is 28.6. The number of esters is 2. The lowest BCUT2D eigenvalue weighted by Gasteiger charge is -2.25. The van der Waals surface area contributed by atoms with Gasteiger partial charge in [-0.15, -0.1) is 0 Å². The van der Waals surface area contributed by atoms with Crippen LogP contribution in [0.4, 0.5) is 0 Å². The summed E-state index contributed by atoms with van der Waals surface area (Å²) in [7, 11) is 5.96. The minimum absolute atomic E-state index is 0.184. The number of carbonyl (C=O) groups is 3. The maximum Gasteiger partial charge on any atom is 0.361 e. The van der Waals surface area contributed by atoms with Gasteiger partial charge in [-0.1, -0.05) is 192 Å². The zero-order chi connectivity index (χ0) is 43.5. The summed E-state index contributed by atoms with van der Waals surface area (Å²) in [6.07, 6.45) is 43.9. The summed E-state index contributed by atoms with van der Waals surface area (Å²) in [5.74, 6) is -2.01. The van der Waals surface area contributed by atoms with Crippen molar-refractivity contribution in [2.75, 3.05) is 47.5 Å². The fraction of sp³-hybridized carbons (Fsp3) is 0.860. The van der Waals surface area contributed by atoms with Gasteiger partial charge in [0.15, 0.2) is 6.10 Å². The van der Waals surface area contributed by atoms with Crippen molar-refractivity contribution in [1.82, 2.24) is 0 Å².